The van der Waals surface area contributed by atoms with Crippen LogP contribution in [-0.4, -0.2) is 27.6 Å². The van der Waals surface area contributed by atoms with Gasteiger partial charge in [-0.3, -0.25) is 4.79 Å². The number of hydrogen-bond acceptors (Lipinski definition) is 4. The van der Waals surface area contributed by atoms with Gasteiger partial charge in [0, 0.05) is 17.0 Å². The molecule has 0 amide bonds. The molecule has 136 valence electrons. The summed E-state index contributed by atoms with van der Waals surface area (Å²) in [6, 6.07) is 18.0. The van der Waals surface area contributed by atoms with Gasteiger partial charge in [-0.25, -0.2) is 0 Å². The predicted molar refractivity (Wildman–Crippen MR) is 104 cm³/mol. The van der Waals surface area contributed by atoms with Gasteiger partial charge < -0.3 is 14.2 Å². The Bertz CT molecular complexity index is 1010. The summed E-state index contributed by atoms with van der Waals surface area (Å²) in [5.41, 5.74) is 6.22. The van der Waals surface area contributed by atoms with E-state index >= 15 is 0 Å². The van der Waals surface area contributed by atoms with Gasteiger partial charge in [0.25, 0.3) is 0 Å². The van der Waals surface area contributed by atoms with Gasteiger partial charge in [-0.05, 0) is 28.3 Å². The number of hydrogen-bond donors (Lipinski definition) is 0. The standard InChI is InChI=1S/C23H20O4/c1-25-19-12-18-16-6-4-5-7-17(16)20(15-10-8-14(13-24)9-11-15)21(18)23(27-3)22(19)26-2/h4-13,20H,1-3H3. The van der Waals surface area contributed by atoms with Gasteiger partial charge in [0.05, 0.1) is 21.3 Å². The molecule has 4 nitrogen and oxygen atoms in total. The third-order valence-corrected chi connectivity index (χ3v) is 5.12. The van der Waals surface area contributed by atoms with Crippen LogP contribution in [0.3, 0.4) is 0 Å². The lowest BCUT2D eigenvalue weighted by molar-refractivity contribution is 0.112. The van der Waals surface area contributed by atoms with Gasteiger partial charge in [-0.1, -0.05) is 48.5 Å². The summed E-state index contributed by atoms with van der Waals surface area (Å²) in [5, 5.41) is 0. The minimum Gasteiger partial charge on any atom is -0.493 e. The van der Waals surface area contributed by atoms with E-state index < -0.39 is 0 Å². The zero-order valence-corrected chi connectivity index (χ0v) is 15.5. The Balaban J connectivity index is 2.03. The smallest absolute Gasteiger partial charge is 0.203 e. The van der Waals surface area contributed by atoms with Crippen molar-refractivity contribution in [2.24, 2.45) is 0 Å². The van der Waals surface area contributed by atoms with Crippen LogP contribution in [0.15, 0.2) is 54.6 Å². The largest absolute Gasteiger partial charge is 0.493 e. The lowest BCUT2D eigenvalue weighted by atomic mass is 9.88. The average Bonchev–Trinajstić information content (AvgIpc) is 3.06. The minimum atomic E-state index is -0.00772. The van der Waals surface area contributed by atoms with Crippen molar-refractivity contribution in [3.63, 3.8) is 0 Å². The van der Waals surface area contributed by atoms with Crippen molar-refractivity contribution in [1.82, 2.24) is 0 Å². The fraction of sp³-hybridized carbons (Fsp3) is 0.174. The number of methoxy groups -OCH3 is 3. The number of aldehydes is 1. The number of fused-ring (bicyclic) bond motifs is 3. The van der Waals surface area contributed by atoms with Crippen LogP contribution in [0.1, 0.15) is 33.0 Å². The molecule has 3 aromatic carbocycles. The van der Waals surface area contributed by atoms with Crippen LogP contribution in [0.25, 0.3) is 11.1 Å². The number of benzene rings is 3. The molecule has 0 heterocycles. The van der Waals surface area contributed by atoms with Crippen molar-refractivity contribution >= 4 is 6.29 Å². The van der Waals surface area contributed by atoms with E-state index in [2.05, 4.69) is 12.1 Å². The van der Waals surface area contributed by atoms with Crippen LogP contribution in [-0.2, 0) is 0 Å². The third-order valence-electron chi connectivity index (χ3n) is 5.12. The van der Waals surface area contributed by atoms with E-state index in [1.165, 1.54) is 5.56 Å². The Hall–Kier alpha value is -3.27. The molecule has 4 heteroatoms. The van der Waals surface area contributed by atoms with Crippen molar-refractivity contribution in [3.8, 4) is 28.4 Å². The second-order valence-corrected chi connectivity index (χ2v) is 6.41. The summed E-state index contributed by atoms with van der Waals surface area (Å²) in [4.78, 5) is 11.0. The lowest BCUT2D eigenvalue weighted by Crippen LogP contribution is -2.04. The normalized spacial score (nSPS) is 14.3. The molecule has 3 aromatic rings. The van der Waals surface area contributed by atoms with E-state index in [0.29, 0.717) is 22.8 Å². The average molecular weight is 360 g/mol. The van der Waals surface area contributed by atoms with Gasteiger partial charge in [-0.2, -0.15) is 0 Å². The Labute approximate surface area is 158 Å². The van der Waals surface area contributed by atoms with Crippen molar-refractivity contribution in [2.75, 3.05) is 21.3 Å². The molecule has 0 saturated carbocycles. The zero-order valence-electron chi connectivity index (χ0n) is 15.5. The molecule has 27 heavy (non-hydrogen) atoms. The monoisotopic (exact) mass is 360 g/mol. The molecule has 1 aliphatic carbocycles. The predicted octanol–water partition coefficient (Wildman–Crippen LogP) is 4.69. The number of carbonyl (C=O) groups excluding carboxylic acids is 1. The van der Waals surface area contributed by atoms with Crippen LogP contribution in [0.5, 0.6) is 17.2 Å². The minimum absolute atomic E-state index is 0.00772. The Kier molecular flexibility index (Phi) is 4.32. The molecule has 1 aliphatic rings. The van der Waals surface area contributed by atoms with Crippen molar-refractivity contribution in [1.29, 1.82) is 0 Å². The van der Waals surface area contributed by atoms with Gasteiger partial charge in [-0.15, -0.1) is 0 Å². The first kappa shape index (κ1) is 17.2. The Morgan fingerprint density at radius 2 is 1.52 bits per heavy atom. The summed E-state index contributed by atoms with van der Waals surface area (Å²) < 4.78 is 16.9. The van der Waals surface area contributed by atoms with E-state index in [0.717, 1.165) is 28.5 Å². The van der Waals surface area contributed by atoms with Gasteiger partial charge in [0.1, 0.15) is 6.29 Å². The maximum absolute atomic E-state index is 11.0. The second-order valence-electron chi connectivity index (χ2n) is 6.41. The quantitative estimate of drug-likeness (QED) is 0.485. The first-order chi connectivity index (χ1) is 13.2. The van der Waals surface area contributed by atoms with Crippen LogP contribution < -0.4 is 14.2 Å². The van der Waals surface area contributed by atoms with Crippen LogP contribution in [0.2, 0.25) is 0 Å². The van der Waals surface area contributed by atoms with Gasteiger partial charge >= 0.3 is 0 Å². The van der Waals surface area contributed by atoms with Crippen molar-refractivity contribution in [2.45, 2.75) is 5.92 Å². The first-order valence-corrected chi connectivity index (χ1v) is 8.70. The van der Waals surface area contributed by atoms with E-state index in [9.17, 15) is 4.79 Å². The topological polar surface area (TPSA) is 44.8 Å². The molecule has 0 N–H and O–H groups in total. The molecule has 4 rings (SSSR count). The molecule has 1 atom stereocenters. The highest BCUT2D eigenvalue weighted by atomic mass is 16.5. The number of rotatable bonds is 5. The van der Waals surface area contributed by atoms with Crippen LogP contribution in [0, 0.1) is 0 Å². The highest BCUT2D eigenvalue weighted by Crippen LogP contribution is 2.56. The first-order valence-electron chi connectivity index (χ1n) is 8.70. The van der Waals surface area contributed by atoms with Gasteiger partial charge in [0.15, 0.2) is 11.5 Å². The molecule has 0 spiro atoms. The SMILES string of the molecule is COc1cc2c(c(OC)c1OC)C(c1ccc(C=O)cc1)c1ccccc1-2. The Morgan fingerprint density at radius 3 is 2.15 bits per heavy atom. The lowest BCUT2D eigenvalue weighted by Gasteiger charge is -2.20. The second kappa shape index (κ2) is 6.80. The summed E-state index contributed by atoms with van der Waals surface area (Å²) in [6.45, 7) is 0. The molecule has 0 radical (unpaired) electrons. The highest BCUT2D eigenvalue weighted by Gasteiger charge is 2.35. The fourth-order valence-corrected chi connectivity index (χ4v) is 3.95. The summed E-state index contributed by atoms with van der Waals surface area (Å²) in [7, 11) is 4.88. The summed E-state index contributed by atoms with van der Waals surface area (Å²) in [5.74, 6) is 1.89. The zero-order chi connectivity index (χ0) is 19.0. The van der Waals surface area contributed by atoms with Crippen molar-refractivity contribution < 1.29 is 19.0 Å². The van der Waals surface area contributed by atoms with E-state index in [1.807, 2.05) is 42.5 Å². The maximum atomic E-state index is 11.0. The number of carbonyl (C=O) groups is 1. The van der Waals surface area contributed by atoms with E-state index in [4.69, 9.17) is 14.2 Å². The summed E-state index contributed by atoms with van der Waals surface area (Å²) in [6.07, 6.45) is 0.856. The van der Waals surface area contributed by atoms with E-state index in [-0.39, 0.29) is 5.92 Å². The fourth-order valence-electron chi connectivity index (χ4n) is 3.95. The highest BCUT2D eigenvalue weighted by molar-refractivity contribution is 5.86. The van der Waals surface area contributed by atoms with Crippen molar-refractivity contribution in [3.05, 3.63) is 76.9 Å². The molecule has 0 aromatic heterocycles. The molecular weight excluding hydrogens is 340 g/mol. The Morgan fingerprint density at radius 1 is 0.815 bits per heavy atom. The molecule has 0 saturated heterocycles. The van der Waals surface area contributed by atoms with Gasteiger partial charge in [0.2, 0.25) is 5.75 Å². The summed E-state index contributed by atoms with van der Waals surface area (Å²) >= 11 is 0. The molecule has 0 bridgehead atoms. The molecule has 0 aliphatic heterocycles. The van der Waals surface area contributed by atoms with Crippen LogP contribution >= 0.6 is 0 Å². The third kappa shape index (κ3) is 2.56. The number of ether oxygens (including phenoxy) is 3. The molecule has 0 fully saturated rings. The van der Waals surface area contributed by atoms with Crippen LogP contribution in [0.4, 0.5) is 0 Å². The maximum Gasteiger partial charge on any atom is 0.203 e. The van der Waals surface area contributed by atoms with E-state index in [1.54, 1.807) is 21.3 Å². The molecular formula is C23H20O4. The molecule has 1 unspecified atom stereocenters.